The van der Waals surface area contributed by atoms with Gasteiger partial charge in [-0.05, 0) is 53.9 Å². The number of H-pyrrole nitrogens is 1. The maximum atomic E-state index is 14.9. The summed E-state index contributed by atoms with van der Waals surface area (Å²) in [6, 6.07) is 15.5. The van der Waals surface area contributed by atoms with E-state index in [4.69, 9.17) is 5.11 Å². The number of piperazine rings is 1. The van der Waals surface area contributed by atoms with Crippen LogP contribution in [0.15, 0.2) is 53.9 Å². The normalized spacial score (nSPS) is 17.6. The Kier molecular flexibility index (Phi) is 5.97. The van der Waals surface area contributed by atoms with E-state index in [-0.39, 0.29) is 18.3 Å². The van der Waals surface area contributed by atoms with Crippen molar-refractivity contribution in [3.8, 4) is 11.1 Å². The zero-order valence-electron chi connectivity index (χ0n) is 18.3. The van der Waals surface area contributed by atoms with Crippen LogP contribution in [0.25, 0.3) is 22.0 Å². The molecule has 0 spiro atoms. The summed E-state index contributed by atoms with van der Waals surface area (Å²) in [6.07, 6.45) is -0.147. The second kappa shape index (κ2) is 9.05. The first-order chi connectivity index (χ1) is 16.0. The Balaban J connectivity index is 1.45. The average Bonchev–Trinajstić information content (AvgIpc) is 3.46. The molecule has 5 rings (SSSR count). The van der Waals surface area contributed by atoms with Gasteiger partial charge in [0.25, 0.3) is 0 Å². The molecule has 0 bridgehead atoms. The molecule has 2 aromatic heterocycles. The van der Waals surface area contributed by atoms with Crippen molar-refractivity contribution >= 4 is 28.2 Å². The van der Waals surface area contributed by atoms with E-state index in [1.54, 1.807) is 17.4 Å². The number of likely N-dealkylation sites (N-methyl/N-ethyl adjacent to an activating group) is 1. The van der Waals surface area contributed by atoms with Crippen molar-refractivity contribution in [1.82, 2.24) is 20.0 Å². The minimum atomic E-state index is -0.926. The fraction of sp³-hybridized carbons (Fsp3) is 0.280. The number of nitrogens with one attached hydrogen (secondary N) is 1. The van der Waals surface area contributed by atoms with Gasteiger partial charge in [-0.25, -0.2) is 4.39 Å². The number of aromatic nitrogens is 2. The third-order valence-electron chi connectivity index (χ3n) is 6.28. The number of carbonyl (C=O) groups is 1. The standard InChI is InChI=1S/C25H25FN4O2S/c1-29-8-9-30(23(15-29)24-3-2-10-33-24)14-18-11-16(4-6-20(18)26)17-5-7-21-19(12-17)22(28-27-21)13-25(31)32/h2-7,10-12,23H,8-9,13-15H2,1H3,(H,27,28)(H,31,32)/t23-/m0/s1. The van der Waals surface area contributed by atoms with Gasteiger partial charge in [0.15, 0.2) is 0 Å². The second-order valence-electron chi connectivity index (χ2n) is 8.57. The minimum absolute atomic E-state index is 0.147. The van der Waals surface area contributed by atoms with Gasteiger partial charge in [0.1, 0.15) is 5.82 Å². The molecule has 0 aliphatic carbocycles. The molecule has 0 unspecified atom stereocenters. The van der Waals surface area contributed by atoms with Crippen LogP contribution in [0.2, 0.25) is 0 Å². The molecular formula is C25H25FN4O2S. The molecule has 0 amide bonds. The Bertz CT molecular complexity index is 1290. The van der Waals surface area contributed by atoms with Crippen LogP contribution < -0.4 is 0 Å². The second-order valence-corrected chi connectivity index (χ2v) is 9.55. The molecule has 3 heterocycles. The number of aromatic amines is 1. The lowest BCUT2D eigenvalue weighted by atomic mass is 9.99. The number of benzene rings is 2. The third-order valence-corrected chi connectivity index (χ3v) is 7.25. The molecule has 2 N–H and O–H groups in total. The fourth-order valence-electron chi connectivity index (χ4n) is 4.52. The van der Waals surface area contributed by atoms with Crippen molar-refractivity contribution in [3.05, 3.63) is 75.9 Å². The molecule has 0 radical (unpaired) electrons. The molecule has 2 aromatic carbocycles. The Morgan fingerprint density at radius 1 is 1.21 bits per heavy atom. The summed E-state index contributed by atoms with van der Waals surface area (Å²) >= 11 is 1.74. The van der Waals surface area contributed by atoms with Crippen LogP contribution in [0.3, 0.4) is 0 Å². The summed E-state index contributed by atoms with van der Waals surface area (Å²) in [5, 5.41) is 19.1. The monoisotopic (exact) mass is 464 g/mol. The average molecular weight is 465 g/mol. The van der Waals surface area contributed by atoms with Crippen molar-refractivity contribution in [1.29, 1.82) is 0 Å². The van der Waals surface area contributed by atoms with Crippen LogP contribution in [0.5, 0.6) is 0 Å². The van der Waals surface area contributed by atoms with Crippen molar-refractivity contribution in [2.45, 2.75) is 19.0 Å². The Hall–Kier alpha value is -3.07. The topological polar surface area (TPSA) is 72.5 Å². The summed E-state index contributed by atoms with van der Waals surface area (Å²) in [4.78, 5) is 17.1. The van der Waals surface area contributed by atoms with E-state index in [1.807, 2.05) is 24.3 Å². The highest BCUT2D eigenvalue weighted by atomic mass is 32.1. The highest BCUT2D eigenvalue weighted by molar-refractivity contribution is 7.10. The van der Waals surface area contributed by atoms with Crippen LogP contribution in [0, 0.1) is 5.82 Å². The third kappa shape index (κ3) is 4.55. The molecule has 8 heteroatoms. The molecule has 0 saturated carbocycles. The van der Waals surface area contributed by atoms with Crippen LogP contribution in [0.4, 0.5) is 4.39 Å². The number of rotatable bonds is 6. The lowest BCUT2D eigenvalue weighted by Crippen LogP contribution is -2.46. The van der Waals surface area contributed by atoms with Gasteiger partial charge in [-0.15, -0.1) is 11.3 Å². The number of carboxylic acid groups (broad SMARTS) is 1. The van der Waals surface area contributed by atoms with Crippen molar-refractivity contribution in [2.75, 3.05) is 26.7 Å². The molecule has 33 heavy (non-hydrogen) atoms. The van der Waals surface area contributed by atoms with Gasteiger partial charge >= 0.3 is 5.97 Å². The molecular weight excluding hydrogens is 439 g/mol. The number of nitrogens with zero attached hydrogens (tertiary/aromatic N) is 3. The predicted molar refractivity (Wildman–Crippen MR) is 128 cm³/mol. The molecule has 1 atom stereocenters. The number of halogens is 1. The first-order valence-electron chi connectivity index (χ1n) is 10.9. The minimum Gasteiger partial charge on any atom is -0.481 e. The summed E-state index contributed by atoms with van der Waals surface area (Å²) in [5.74, 6) is -1.14. The summed E-state index contributed by atoms with van der Waals surface area (Å²) in [7, 11) is 2.13. The molecule has 1 fully saturated rings. The van der Waals surface area contributed by atoms with Crippen molar-refractivity contribution in [2.24, 2.45) is 0 Å². The number of carboxylic acids is 1. The van der Waals surface area contributed by atoms with Gasteiger partial charge in [-0.2, -0.15) is 5.10 Å². The predicted octanol–water partition coefficient (Wildman–Crippen LogP) is 4.55. The van der Waals surface area contributed by atoms with Crippen LogP contribution in [0.1, 0.15) is 22.2 Å². The Labute approximate surface area is 195 Å². The molecule has 1 saturated heterocycles. The van der Waals surface area contributed by atoms with Gasteiger partial charge in [-0.1, -0.05) is 18.2 Å². The van der Waals surface area contributed by atoms with Crippen molar-refractivity contribution in [3.63, 3.8) is 0 Å². The summed E-state index contributed by atoms with van der Waals surface area (Å²) < 4.78 is 14.9. The maximum absolute atomic E-state index is 14.9. The summed E-state index contributed by atoms with van der Waals surface area (Å²) in [6.45, 7) is 3.29. The van der Waals surface area contributed by atoms with Crippen molar-refractivity contribution < 1.29 is 14.3 Å². The Morgan fingerprint density at radius 3 is 2.82 bits per heavy atom. The fourth-order valence-corrected chi connectivity index (χ4v) is 5.37. The van der Waals surface area contributed by atoms with E-state index in [1.165, 1.54) is 10.9 Å². The zero-order chi connectivity index (χ0) is 22.9. The van der Waals surface area contributed by atoms with Crippen LogP contribution in [-0.2, 0) is 17.8 Å². The quantitative estimate of drug-likeness (QED) is 0.438. The number of fused-ring (bicyclic) bond motifs is 1. The maximum Gasteiger partial charge on any atom is 0.309 e. The van der Waals surface area contributed by atoms with Gasteiger partial charge in [-0.3, -0.25) is 14.8 Å². The van der Waals surface area contributed by atoms with Gasteiger partial charge in [0, 0.05) is 42.0 Å². The molecule has 1 aliphatic heterocycles. The van der Waals surface area contributed by atoms with E-state index in [0.29, 0.717) is 17.8 Å². The largest absolute Gasteiger partial charge is 0.481 e. The van der Waals surface area contributed by atoms with Gasteiger partial charge in [0.2, 0.25) is 0 Å². The molecule has 4 aromatic rings. The van der Waals surface area contributed by atoms with Gasteiger partial charge in [0.05, 0.1) is 23.7 Å². The summed E-state index contributed by atoms with van der Waals surface area (Å²) in [5.41, 5.74) is 3.76. The Morgan fingerprint density at radius 2 is 2.03 bits per heavy atom. The zero-order valence-corrected chi connectivity index (χ0v) is 19.1. The first-order valence-corrected chi connectivity index (χ1v) is 11.8. The van der Waals surface area contributed by atoms with E-state index >= 15 is 0 Å². The first kappa shape index (κ1) is 21.8. The highest BCUT2D eigenvalue weighted by Gasteiger charge is 2.28. The van der Waals surface area contributed by atoms with Gasteiger partial charge < -0.3 is 10.0 Å². The highest BCUT2D eigenvalue weighted by Crippen LogP contribution is 2.32. The molecule has 1 aliphatic rings. The van der Waals surface area contributed by atoms with E-state index in [2.05, 4.69) is 44.6 Å². The molecule has 170 valence electrons. The number of thiophene rings is 1. The SMILES string of the molecule is CN1CCN(Cc2cc(-c3ccc4[nH]nc(CC(=O)O)c4c3)ccc2F)[C@H](c2cccs2)C1. The van der Waals surface area contributed by atoms with E-state index in [9.17, 15) is 9.18 Å². The lowest BCUT2D eigenvalue weighted by Gasteiger charge is -2.39. The van der Waals surface area contributed by atoms with E-state index in [0.717, 1.165) is 41.7 Å². The van der Waals surface area contributed by atoms with E-state index < -0.39 is 5.97 Å². The number of aliphatic carboxylic acids is 1. The lowest BCUT2D eigenvalue weighted by molar-refractivity contribution is -0.136. The number of hydrogen-bond acceptors (Lipinski definition) is 5. The number of hydrogen-bond donors (Lipinski definition) is 2. The van der Waals surface area contributed by atoms with Crippen LogP contribution >= 0.6 is 11.3 Å². The van der Waals surface area contributed by atoms with Crippen LogP contribution in [-0.4, -0.2) is 57.8 Å². The smallest absolute Gasteiger partial charge is 0.309 e. The molecule has 6 nitrogen and oxygen atoms in total.